The number of sulfonamides is 1. The Labute approximate surface area is 165 Å². The molecular formula is C18H17ClF4N2O2S. The van der Waals surface area contributed by atoms with Crippen LogP contribution < -0.4 is 0 Å². The number of nitrogens with zero attached hydrogens (tertiary/aromatic N) is 2. The maximum Gasteiger partial charge on any atom is 0.417 e. The molecule has 3 rings (SSSR count). The predicted molar refractivity (Wildman–Crippen MR) is 96.9 cm³/mol. The van der Waals surface area contributed by atoms with E-state index in [1.807, 2.05) is 4.90 Å². The van der Waals surface area contributed by atoms with E-state index in [9.17, 15) is 26.0 Å². The molecule has 0 N–H and O–H groups in total. The minimum atomic E-state index is -4.85. The molecule has 0 aliphatic carbocycles. The molecule has 152 valence electrons. The molecule has 0 amide bonds. The Morgan fingerprint density at radius 3 is 2.25 bits per heavy atom. The third-order valence-electron chi connectivity index (χ3n) is 4.55. The third-order valence-corrected chi connectivity index (χ3v) is 6.74. The molecule has 1 heterocycles. The van der Waals surface area contributed by atoms with Gasteiger partial charge in [0, 0.05) is 43.3 Å². The van der Waals surface area contributed by atoms with Gasteiger partial charge in [0.15, 0.2) is 0 Å². The van der Waals surface area contributed by atoms with Crippen molar-refractivity contribution in [2.45, 2.75) is 17.6 Å². The fourth-order valence-electron chi connectivity index (χ4n) is 3.08. The van der Waals surface area contributed by atoms with Crippen molar-refractivity contribution in [3.8, 4) is 0 Å². The molecule has 1 saturated heterocycles. The van der Waals surface area contributed by atoms with Gasteiger partial charge in [-0.25, -0.2) is 12.8 Å². The Bertz CT molecular complexity index is 958. The van der Waals surface area contributed by atoms with E-state index in [2.05, 4.69) is 0 Å². The van der Waals surface area contributed by atoms with Crippen LogP contribution in [0.4, 0.5) is 17.6 Å². The largest absolute Gasteiger partial charge is 0.417 e. The molecule has 2 aromatic rings. The number of hydrogen-bond acceptors (Lipinski definition) is 3. The van der Waals surface area contributed by atoms with E-state index in [4.69, 9.17) is 11.6 Å². The van der Waals surface area contributed by atoms with Gasteiger partial charge in [-0.1, -0.05) is 29.8 Å². The second-order valence-electron chi connectivity index (χ2n) is 6.41. The van der Waals surface area contributed by atoms with Crippen LogP contribution in [0.1, 0.15) is 11.1 Å². The Morgan fingerprint density at radius 1 is 1.00 bits per heavy atom. The van der Waals surface area contributed by atoms with Crippen LogP contribution in [-0.2, 0) is 22.7 Å². The summed E-state index contributed by atoms with van der Waals surface area (Å²) in [6, 6.07) is 8.89. The summed E-state index contributed by atoms with van der Waals surface area (Å²) in [4.78, 5) is 1.05. The normalized spacial score (nSPS) is 17.0. The summed E-state index contributed by atoms with van der Waals surface area (Å²) in [5.41, 5.74) is -0.801. The van der Waals surface area contributed by atoms with E-state index >= 15 is 0 Å². The second kappa shape index (κ2) is 7.98. The van der Waals surface area contributed by atoms with E-state index in [-0.39, 0.29) is 37.0 Å². The summed E-state index contributed by atoms with van der Waals surface area (Å²) >= 11 is 5.62. The highest BCUT2D eigenvalue weighted by Crippen LogP contribution is 2.37. The van der Waals surface area contributed by atoms with E-state index in [0.717, 1.165) is 16.4 Å². The van der Waals surface area contributed by atoms with Gasteiger partial charge in [-0.3, -0.25) is 4.90 Å². The van der Waals surface area contributed by atoms with Crippen LogP contribution in [0.3, 0.4) is 0 Å². The summed E-state index contributed by atoms with van der Waals surface area (Å²) < 4.78 is 80.2. The van der Waals surface area contributed by atoms with Crippen molar-refractivity contribution in [2.24, 2.45) is 0 Å². The standard InChI is InChI=1S/C18H17ClF4N2O2S/c19-14-5-6-17(15(11-14)18(21,22)23)28(26,27)25-9-7-24(8-10-25)12-13-3-1-2-4-16(13)20/h1-6,11H,7-10,12H2. The van der Waals surface area contributed by atoms with Crippen LogP contribution in [0.15, 0.2) is 47.4 Å². The van der Waals surface area contributed by atoms with E-state index in [0.29, 0.717) is 18.2 Å². The van der Waals surface area contributed by atoms with E-state index in [1.54, 1.807) is 18.2 Å². The highest BCUT2D eigenvalue weighted by Gasteiger charge is 2.40. The predicted octanol–water partition coefficient (Wildman–Crippen LogP) is 4.00. The minimum Gasteiger partial charge on any atom is -0.296 e. The van der Waals surface area contributed by atoms with Crippen molar-refractivity contribution >= 4 is 21.6 Å². The topological polar surface area (TPSA) is 40.6 Å². The maximum absolute atomic E-state index is 13.8. The van der Waals surface area contributed by atoms with Gasteiger partial charge in [0.2, 0.25) is 10.0 Å². The zero-order valence-electron chi connectivity index (χ0n) is 14.6. The molecule has 2 aromatic carbocycles. The average molecular weight is 437 g/mol. The molecular weight excluding hydrogens is 420 g/mol. The SMILES string of the molecule is O=S(=O)(c1ccc(Cl)cc1C(F)(F)F)N1CCN(Cc2ccccc2F)CC1. The number of alkyl halides is 3. The van der Waals surface area contributed by atoms with Gasteiger partial charge in [0.1, 0.15) is 5.82 Å². The molecule has 0 aromatic heterocycles. The van der Waals surface area contributed by atoms with Crippen LogP contribution in [0, 0.1) is 5.82 Å². The summed E-state index contributed by atoms with van der Waals surface area (Å²) in [6.45, 7) is 0.883. The number of piperazine rings is 1. The minimum absolute atomic E-state index is 0.0106. The molecule has 1 aliphatic rings. The average Bonchev–Trinajstić information content (AvgIpc) is 2.63. The quantitative estimate of drug-likeness (QED) is 0.680. The van der Waals surface area contributed by atoms with Crippen molar-refractivity contribution < 1.29 is 26.0 Å². The molecule has 0 atom stereocenters. The summed E-state index contributed by atoms with van der Waals surface area (Å²) in [7, 11) is -4.34. The molecule has 0 spiro atoms. The first-order valence-corrected chi connectivity index (χ1v) is 10.2. The maximum atomic E-state index is 13.8. The number of rotatable bonds is 4. The molecule has 4 nitrogen and oxygen atoms in total. The zero-order chi connectivity index (χ0) is 20.5. The Kier molecular flexibility index (Phi) is 6.00. The monoisotopic (exact) mass is 436 g/mol. The first-order valence-electron chi connectivity index (χ1n) is 8.42. The van der Waals surface area contributed by atoms with Gasteiger partial charge in [-0.2, -0.15) is 17.5 Å². The fraction of sp³-hybridized carbons (Fsp3) is 0.333. The molecule has 10 heteroatoms. The Balaban J connectivity index is 1.76. The number of benzene rings is 2. The van der Waals surface area contributed by atoms with Gasteiger partial charge in [-0.15, -0.1) is 0 Å². The van der Waals surface area contributed by atoms with Crippen molar-refractivity contribution in [3.05, 3.63) is 64.4 Å². The fourth-order valence-corrected chi connectivity index (χ4v) is 4.87. The Hall–Kier alpha value is -1.68. The Morgan fingerprint density at radius 2 is 1.64 bits per heavy atom. The summed E-state index contributed by atoms with van der Waals surface area (Å²) in [5, 5.41) is -0.194. The molecule has 1 aliphatic heterocycles. The highest BCUT2D eigenvalue weighted by atomic mass is 35.5. The summed E-state index contributed by atoms with van der Waals surface area (Å²) in [6.07, 6.45) is -4.85. The van der Waals surface area contributed by atoms with Gasteiger partial charge in [0.25, 0.3) is 0 Å². The van der Waals surface area contributed by atoms with Gasteiger partial charge >= 0.3 is 6.18 Å². The molecule has 0 bridgehead atoms. The lowest BCUT2D eigenvalue weighted by atomic mass is 10.2. The first-order chi connectivity index (χ1) is 13.1. The van der Waals surface area contributed by atoms with Gasteiger partial charge in [0.05, 0.1) is 10.5 Å². The van der Waals surface area contributed by atoms with Crippen LogP contribution in [0.2, 0.25) is 5.02 Å². The third kappa shape index (κ3) is 4.48. The van der Waals surface area contributed by atoms with Crippen molar-refractivity contribution in [1.29, 1.82) is 0 Å². The van der Waals surface area contributed by atoms with Crippen molar-refractivity contribution in [1.82, 2.24) is 9.21 Å². The lowest BCUT2D eigenvalue weighted by Crippen LogP contribution is -2.48. The smallest absolute Gasteiger partial charge is 0.296 e. The van der Waals surface area contributed by atoms with Crippen molar-refractivity contribution in [2.75, 3.05) is 26.2 Å². The van der Waals surface area contributed by atoms with Gasteiger partial charge in [-0.05, 0) is 24.3 Å². The molecule has 0 radical (unpaired) electrons. The molecule has 1 fully saturated rings. The second-order valence-corrected chi connectivity index (χ2v) is 8.75. The number of hydrogen-bond donors (Lipinski definition) is 0. The first kappa shape index (κ1) is 21.0. The van der Waals surface area contributed by atoms with E-state index in [1.165, 1.54) is 6.07 Å². The highest BCUT2D eigenvalue weighted by molar-refractivity contribution is 7.89. The van der Waals surface area contributed by atoms with Crippen LogP contribution in [-0.4, -0.2) is 43.8 Å². The molecule has 0 saturated carbocycles. The zero-order valence-corrected chi connectivity index (χ0v) is 16.2. The number of halogens is 5. The summed E-state index contributed by atoms with van der Waals surface area (Å²) in [5.74, 6) is -0.353. The molecule has 0 unspecified atom stereocenters. The van der Waals surface area contributed by atoms with E-state index < -0.39 is 26.7 Å². The lowest BCUT2D eigenvalue weighted by Gasteiger charge is -2.34. The van der Waals surface area contributed by atoms with Crippen LogP contribution in [0.25, 0.3) is 0 Å². The lowest BCUT2D eigenvalue weighted by molar-refractivity contribution is -0.139. The van der Waals surface area contributed by atoms with Crippen LogP contribution >= 0.6 is 11.6 Å². The van der Waals surface area contributed by atoms with Crippen molar-refractivity contribution in [3.63, 3.8) is 0 Å². The van der Waals surface area contributed by atoms with Gasteiger partial charge < -0.3 is 0 Å². The van der Waals surface area contributed by atoms with Crippen LogP contribution in [0.5, 0.6) is 0 Å². The molecule has 28 heavy (non-hydrogen) atoms.